The van der Waals surface area contributed by atoms with Gasteiger partial charge >= 0.3 is 0 Å². The molecule has 0 aliphatic rings. The highest BCUT2D eigenvalue weighted by Gasteiger charge is 2.01. The summed E-state index contributed by atoms with van der Waals surface area (Å²) in [5.41, 5.74) is 3.28. The normalized spacial score (nSPS) is 10.1. The van der Waals surface area contributed by atoms with Crippen molar-refractivity contribution in [3.05, 3.63) is 59.4 Å². The van der Waals surface area contributed by atoms with Gasteiger partial charge in [-0.25, -0.2) is 0 Å². The van der Waals surface area contributed by atoms with Gasteiger partial charge in [-0.1, -0.05) is 50.0 Å². The molecule has 3 heteroatoms. The van der Waals surface area contributed by atoms with E-state index in [0.29, 0.717) is 24.2 Å². The molecule has 0 fully saturated rings. The van der Waals surface area contributed by atoms with Crippen LogP contribution in [-0.4, -0.2) is 10.9 Å². The molecule has 2 rings (SSSR count). The third-order valence-electron chi connectivity index (χ3n) is 3.06. The molecule has 0 radical (unpaired) electrons. The third kappa shape index (κ3) is 4.81. The summed E-state index contributed by atoms with van der Waals surface area (Å²) >= 11 is 5.54. The highest BCUT2D eigenvalue weighted by molar-refractivity contribution is 6.19. The van der Waals surface area contributed by atoms with Crippen molar-refractivity contribution in [3.8, 4) is 17.6 Å². The summed E-state index contributed by atoms with van der Waals surface area (Å²) in [5, 5.41) is 0. The molecule has 0 amide bonds. The molecule has 0 saturated carbocycles. The van der Waals surface area contributed by atoms with Crippen LogP contribution in [0.1, 0.15) is 36.5 Å². The van der Waals surface area contributed by atoms with Crippen molar-refractivity contribution >= 4 is 11.6 Å². The number of ether oxygens (including phenoxy) is 1. The van der Waals surface area contributed by atoms with Crippen LogP contribution in [0.2, 0.25) is 0 Å². The van der Waals surface area contributed by atoms with Gasteiger partial charge in [-0.15, -0.1) is 11.6 Å². The Bertz CT molecular complexity index is 638. The van der Waals surface area contributed by atoms with Crippen LogP contribution in [0.5, 0.6) is 5.75 Å². The lowest BCUT2D eigenvalue weighted by Gasteiger charge is -2.08. The predicted molar refractivity (Wildman–Crippen MR) is 86.7 cm³/mol. The van der Waals surface area contributed by atoms with Crippen molar-refractivity contribution in [3.63, 3.8) is 0 Å². The van der Waals surface area contributed by atoms with Crippen LogP contribution in [0, 0.1) is 11.8 Å². The molecular formula is C18H18ClNO. The highest BCUT2D eigenvalue weighted by atomic mass is 35.5. The molecule has 1 aromatic carbocycles. The summed E-state index contributed by atoms with van der Waals surface area (Å²) in [7, 11) is 0. The van der Waals surface area contributed by atoms with Gasteiger partial charge in [0, 0.05) is 11.8 Å². The van der Waals surface area contributed by atoms with Crippen molar-refractivity contribution in [2.75, 3.05) is 5.88 Å². The number of pyridine rings is 1. The average Bonchev–Trinajstić information content (AvgIpc) is 2.52. The monoisotopic (exact) mass is 299 g/mol. The van der Waals surface area contributed by atoms with E-state index in [1.807, 2.05) is 6.07 Å². The van der Waals surface area contributed by atoms with Crippen molar-refractivity contribution in [1.82, 2.24) is 4.98 Å². The maximum atomic E-state index is 5.75. The van der Waals surface area contributed by atoms with Crippen LogP contribution >= 0.6 is 11.6 Å². The molecule has 1 heterocycles. The second-order valence-corrected chi connectivity index (χ2v) is 5.30. The number of nitrogens with zero attached hydrogens (tertiary/aromatic N) is 1. The number of benzene rings is 1. The van der Waals surface area contributed by atoms with Gasteiger partial charge in [0.15, 0.2) is 0 Å². The summed E-state index contributed by atoms with van der Waals surface area (Å²) in [6.45, 7) is 4.89. The van der Waals surface area contributed by atoms with E-state index in [0.717, 1.165) is 11.1 Å². The van der Waals surface area contributed by atoms with Crippen LogP contribution in [-0.2, 0) is 6.61 Å². The third-order valence-corrected chi connectivity index (χ3v) is 3.20. The molecule has 0 aliphatic carbocycles. The van der Waals surface area contributed by atoms with Crippen LogP contribution in [0.3, 0.4) is 0 Å². The smallest absolute Gasteiger partial charge is 0.139 e. The minimum atomic E-state index is 0.313. The molecule has 21 heavy (non-hydrogen) atoms. The molecule has 2 nitrogen and oxygen atoms in total. The fourth-order valence-electron chi connectivity index (χ4n) is 1.87. The summed E-state index contributed by atoms with van der Waals surface area (Å²) in [6.07, 6.45) is 3.39. The predicted octanol–water partition coefficient (Wildman–Crippen LogP) is 4.37. The molecule has 0 aliphatic heterocycles. The lowest BCUT2D eigenvalue weighted by molar-refractivity contribution is 0.305. The molecule has 0 atom stereocenters. The molecule has 0 saturated heterocycles. The van der Waals surface area contributed by atoms with Gasteiger partial charge in [-0.05, 0) is 23.1 Å². The van der Waals surface area contributed by atoms with Gasteiger partial charge in [0.1, 0.15) is 12.4 Å². The zero-order chi connectivity index (χ0) is 15.1. The Hall–Kier alpha value is -1.98. The highest BCUT2D eigenvalue weighted by Crippen LogP contribution is 2.17. The minimum absolute atomic E-state index is 0.313. The summed E-state index contributed by atoms with van der Waals surface area (Å²) in [6, 6.07) is 10.4. The van der Waals surface area contributed by atoms with E-state index in [-0.39, 0.29) is 0 Å². The minimum Gasteiger partial charge on any atom is -0.487 e. The zero-order valence-electron chi connectivity index (χ0n) is 12.3. The molecule has 0 bridgehead atoms. The second-order valence-electron chi connectivity index (χ2n) is 5.03. The first-order valence-corrected chi connectivity index (χ1v) is 7.44. The maximum absolute atomic E-state index is 5.75. The summed E-state index contributed by atoms with van der Waals surface area (Å²) < 4.78 is 5.75. The fraction of sp³-hybridized carbons (Fsp3) is 0.278. The van der Waals surface area contributed by atoms with Gasteiger partial charge in [0.25, 0.3) is 0 Å². The SMILES string of the molecule is CC(C)c1ccc(COc2cncc(C#CCCl)c2)cc1. The Labute approximate surface area is 131 Å². The van der Waals surface area contributed by atoms with Crippen molar-refractivity contribution in [2.45, 2.75) is 26.4 Å². The van der Waals surface area contributed by atoms with Gasteiger partial charge in [-0.3, -0.25) is 4.98 Å². The zero-order valence-corrected chi connectivity index (χ0v) is 13.0. The maximum Gasteiger partial charge on any atom is 0.139 e. The van der Waals surface area contributed by atoms with Crippen molar-refractivity contribution in [2.24, 2.45) is 0 Å². The quantitative estimate of drug-likeness (QED) is 0.617. The number of aromatic nitrogens is 1. The molecule has 1 aromatic heterocycles. The lowest BCUT2D eigenvalue weighted by atomic mass is 10.0. The first-order chi connectivity index (χ1) is 10.2. The molecule has 108 valence electrons. The van der Waals surface area contributed by atoms with E-state index >= 15 is 0 Å². The van der Waals surface area contributed by atoms with Crippen LogP contribution in [0.25, 0.3) is 0 Å². The molecular weight excluding hydrogens is 282 g/mol. The summed E-state index contributed by atoms with van der Waals surface area (Å²) in [5.74, 6) is 7.30. The largest absolute Gasteiger partial charge is 0.487 e. The number of halogens is 1. The number of hydrogen-bond donors (Lipinski definition) is 0. The van der Waals surface area contributed by atoms with Gasteiger partial charge in [0.05, 0.1) is 12.1 Å². The standard InChI is InChI=1S/C18H18ClNO/c1-14(2)17-7-5-15(6-8-17)13-21-18-10-16(4-3-9-19)11-20-12-18/h5-8,10-12,14H,9,13H2,1-2H3. The topological polar surface area (TPSA) is 22.1 Å². The molecule has 0 N–H and O–H groups in total. The number of hydrogen-bond acceptors (Lipinski definition) is 2. The Kier molecular flexibility index (Phi) is 5.66. The van der Waals surface area contributed by atoms with E-state index in [2.05, 4.69) is 54.9 Å². The Balaban J connectivity index is 1.99. The van der Waals surface area contributed by atoms with Gasteiger partial charge in [0.2, 0.25) is 0 Å². The Morgan fingerprint density at radius 3 is 2.62 bits per heavy atom. The van der Waals surface area contributed by atoms with Crippen molar-refractivity contribution < 1.29 is 4.74 Å². The summed E-state index contributed by atoms with van der Waals surface area (Å²) in [4.78, 5) is 4.12. The second kappa shape index (κ2) is 7.71. The number of alkyl halides is 1. The number of rotatable bonds is 4. The van der Waals surface area contributed by atoms with E-state index in [1.54, 1.807) is 12.4 Å². The Morgan fingerprint density at radius 1 is 1.19 bits per heavy atom. The lowest BCUT2D eigenvalue weighted by Crippen LogP contribution is -1.97. The fourth-order valence-corrected chi connectivity index (χ4v) is 1.93. The van der Waals surface area contributed by atoms with E-state index in [9.17, 15) is 0 Å². The first kappa shape index (κ1) is 15.4. The first-order valence-electron chi connectivity index (χ1n) is 6.90. The van der Waals surface area contributed by atoms with E-state index in [4.69, 9.17) is 16.3 Å². The van der Waals surface area contributed by atoms with Crippen LogP contribution in [0.15, 0.2) is 42.7 Å². The van der Waals surface area contributed by atoms with Crippen LogP contribution < -0.4 is 4.74 Å². The molecule has 0 spiro atoms. The van der Waals surface area contributed by atoms with Gasteiger partial charge < -0.3 is 4.74 Å². The van der Waals surface area contributed by atoms with E-state index < -0.39 is 0 Å². The molecule has 0 unspecified atom stereocenters. The van der Waals surface area contributed by atoms with E-state index in [1.165, 1.54) is 5.56 Å². The average molecular weight is 300 g/mol. The van der Waals surface area contributed by atoms with Crippen LogP contribution in [0.4, 0.5) is 0 Å². The molecule has 2 aromatic rings. The Morgan fingerprint density at radius 2 is 1.95 bits per heavy atom. The van der Waals surface area contributed by atoms with Gasteiger partial charge in [-0.2, -0.15) is 0 Å². The van der Waals surface area contributed by atoms with Crippen molar-refractivity contribution in [1.29, 1.82) is 0 Å².